The minimum absolute atomic E-state index is 0.161. The quantitative estimate of drug-likeness (QED) is 0.106. The zero-order valence-corrected chi connectivity index (χ0v) is 26.5. The van der Waals surface area contributed by atoms with Crippen LogP contribution in [0.15, 0.2) is 35.2 Å². The van der Waals surface area contributed by atoms with E-state index in [0.717, 1.165) is 48.6 Å². The van der Waals surface area contributed by atoms with Gasteiger partial charge in [0.1, 0.15) is 11.7 Å². The maximum atomic E-state index is 12.6. The summed E-state index contributed by atoms with van der Waals surface area (Å²) >= 11 is 0. The zero-order valence-electron chi connectivity index (χ0n) is 25.7. The number of rotatable bonds is 23. The third-order valence-electron chi connectivity index (χ3n) is 8.03. The molecule has 0 fully saturated rings. The predicted molar refractivity (Wildman–Crippen MR) is 172 cm³/mol. The Morgan fingerprint density at radius 2 is 1.00 bits per heavy atom. The molecule has 0 saturated heterocycles. The van der Waals surface area contributed by atoms with Gasteiger partial charge in [0, 0.05) is 5.39 Å². The highest BCUT2D eigenvalue weighted by Crippen LogP contribution is 2.32. The van der Waals surface area contributed by atoms with Gasteiger partial charge < -0.3 is 4.79 Å². The van der Waals surface area contributed by atoms with Crippen LogP contribution in [0.25, 0.3) is 10.8 Å². The topological polar surface area (TPSA) is 71.4 Å². The smallest absolute Gasteiger partial charge is 0.295 e. The molecule has 0 spiro atoms. The van der Waals surface area contributed by atoms with Crippen molar-refractivity contribution in [1.82, 2.24) is 0 Å². The van der Waals surface area contributed by atoms with E-state index in [4.69, 9.17) is 4.79 Å². The van der Waals surface area contributed by atoms with E-state index in [1.807, 2.05) is 31.1 Å². The first-order chi connectivity index (χ1) is 19.5. The van der Waals surface area contributed by atoms with Crippen LogP contribution >= 0.6 is 0 Å². The number of hydrogen-bond acceptors (Lipinski definition) is 3. The van der Waals surface area contributed by atoms with Gasteiger partial charge in [-0.2, -0.15) is 8.42 Å². The lowest BCUT2D eigenvalue weighted by Crippen LogP contribution is -2.08. The van der Waals surface area contributed by atoms with E-state index in [0.29, 0.717) is 5.39 Å². The Morgan fingerprint density at radius 1 is 0.600 bits per heavy atom. The molecule has 0 radical (unpaired) electrons. The van der Waals surface area contributed by atoms with E-state index in [2.05, 4.69) is 19.9 Å². The van der Waals surface area contributed by atoms with Gasteiger partial charge in [0.25, 0.3) is 10.1 Å². The van der Waals surface area contributed by atoms with Gasteiger partial charge >= 0.3 is 0 Å². The summed E-state index contributed by atoms with van der Waals surface area (Å²) < 4.78 is 35.5. The van der Waals surface area contributed by atoms with Crippen LogP contribution in [0.5, 0.6) is 0 Å². The molecular formula is C35H58O4S. The second-order valence-corrected chi connectivity index (χ2v) is 12.8. The van der Waals surface area contributed by atoms with Crippen LogP contribution in [-0.2, 0) is 27.8 Å². The van der Waals surface area contributed by atoms with Crippen LogP contribution in [0, 0.1) is 0 Å². The average Bonchev–Trinajstić information content (AvgIpc) is 2.95. The zero-order chi connectivity index (χ0) is 29.5. The lowest BCUT2D eigenvalue weighted by Gasteiger charge is -2.17. The molecule has 2 aromatic rings. The first-order valence-electron chi connectivity index (χ1n) is 16.3. The van der Waals surface area contributed by atoms with Crippen LogP contribution in [0.3, 0.4) is 0 Å². The van der Waals surface area contributed by atoms with Crippen LogP contribution in [0.2, 0.25) is 0 Å². The number of fused-ring (bicyclic) bond motifs is 1. The number of carbonyl (C=O) groups excluding carboxylic acids is 1. The van der Waals surface area contributed by atoms with Crippen molar-refractivity contribution in [2.75, 3.05) is 0 Å². The lowest BCUT2D eigenvalue weighted by molar-refractivity contribution is -0.0980. The van der Waals surface area contributed by atoms with Gasteiger partial charge in [-0.3, -0.25) is 4.55 Å². The maximum Gasteiger partial charge on any atom is 0.295 e. The van der Waals surface area contributed by atoms with Crippen molar-refractivity contribution < 1.29 is 17.8 Å². The first-order valence-corrected chi connectivity index (χ1v) is 17.7. The van der Waals surface area contributed by atoms with Crippen molar-refractivity contribution in [2.45, 2.75) is 160 Å². The van der Waals surface area contributed by atoms with Crippen molar-refractivity contribution in [3.8, 4) is 0 Å². The molecule has 40 heavy (non-hydrogen) atoms. The van der Waals surface area contributed by atoms with Gasteiger partial charge in [-0.15, -0.1) is 0 Å². The van der Waals surface area contributed by atoms with Gasteiger partial charge in [-0.25, -0.2) is 0 Å². The van der Waals surface area contributed by atoms with Gasteiger partial charge in [0.15, 0.2) is 0 Å². The highest BCUT2D eigenvalue weighted by molar-refractivity contribution is 7.86. The standard InChI is InChI=1S/C34H56O3S.CH2O/c1-3-5-7-9-11-13-15-17-19-21-25-30-29-31-26-23-24-28-33(31)34(38(35,36)37)32(30)27-22-20-18-16-14-12-10-8-6-4-2;1-2/h23-24,26,28-29H,3-22,25,27H2,1-2H3,(H,35,36,37);1H2. The largest absolute Gasteiger partial charge is 0.307 e. The van der Waals surface area contributed by atoms with E-state index in [-0.39, 0.29) is 4.90 Å². The molecule has 2 aromatic carbocycles. The molecule has 0 unspecified atom stereocenters. The van der Waals surface area contributed by atoms with E-state index >= 15 is 0 Å². The van der Waals surface area contributed by atoms with Crippen LogP contribution < -0.4 is 0 Å². The number of carbonyl (C=O) groups is 1. The van der Waals surface area contributed by atoms with Crippen LogP contribution in [0.4, 0.5) is 0 Å². The summed E-state index contributed by atoms with van der Waals surface area (Å²) in [5.41, 5.74) is 1.98. The number of unbranched alkanes of at least 4 members (excludes halogenated alkanes) is 18. The Kier molecular flexibility index (Phi) is 20.8. The Hall–Kier alpha value is -1.72. The molecular weight excluding hydrogens is 516 g/mol. The second kappa shape index (κ2) is 22.9. The average molecular weight is 575 g/mol. The van der Waals surface area contributed by atoms with Crippen molar-refractivity contribution >= 4 is 27.7 Å². The molecule has 0 aliphatic carbocycles. The number of benzene rings is 2. The van der Waals surface area contributed by atoms with Crippen LogP contribution in [0.1, 0.15) is 153 Å². The third kappa shape index (κ3) is 14.8. The molecule has 0 atom stereocenters. The fourth-order valence-corrected chi connectivity index (χ4v) is 6.81. The van der Waals surface area contributed by atoms with E-state index < -0.39 is 10.1 Å². The highest BCUT2D eigenvalue weighted by Gasteiger charge is 2.22. The summed E-state index contributed by atoms with van der Waals surface area (Å²) in [6.45, 7) is 6.52. The van der Waals surface area contributed by atoms with E-state index in [1.54, 1.807) is 0 Å². The molecule has 2 rings (SSSR count). The molecule has 0 aliphatic heterocycles. The highest BCUT2D eigenvalue weighted by atomic mass is 32.2. The SMILES string of the molecule is C=O.CCCCCCCCCCCCc1cc2ccccc2c(S(=O)(=O)O)c1CCCCCCCCCCCC. The van der Waals surface area contributed by atoms with Gasteiger partial charge in [-0.1, -0.05) is 160 Å². The predicted octanol–water partition coefficient (Wildman–Crippen LogP) is 10.8. The number of hydrogen-bond donors (Lipinski definition) is 1. The summed E-state index contributed by atoms with van der Waals surface area (Å²) in [5.74, 6) is 0. The van der Waals surface area contributed by atoms with Crippen LogP contribution in [-0.4, -0.2) is 19.8 Å². The number of aryl methyl sites for hydroxylation is 1. The molecule has 0 amide bonds. The lowest BCUT2D eigenvalue weighted by atomic mass is 9.93. The molecule has 0 aliphatic rings. The molecule has 0 aromatic heterocycles. The van der Waals surface area contributed by atoms with E-state index in [9.17, 15) is 13.0 Å². The second-order valence-electron chi connectivity index (χ2n) is 11.4. The van der Waals surface area contributed by atoms with Gasteiger partial charge in [0.2, 0.25) is 0 Å². The minimum Gasteiger partial charge on any atom is -0.307 e. The minimum atomic E-state index is -4.30. The molecule has 0 heterocycles. The molecule has 228 valence electrons. The Morgan fingerprint density at radius 3 is 1.45 bits per heavy atom. The van der Waals surface area contributed by atoms with E-state index in [1.165, 1.54) is 109 Å². The fourth-order valence-electron chi connectivity index (χ4n) is 5.80. The molecule has 4 nitrogen and oxygen atoms in total. The fraction of sp³-hybridized carbons (Fsp3) is 0.686. The van der Waals surface area contributed by atoms with Gasteiger partial charge in [-0.05, 0) is 42.2 Å². The Balaban J connectivity index is 0.00000391. The van der Waals surface area contributed by atoms with Crippen molar-refractivity contribution in [2.24, 2.45) is 0 Å². The Bertz CT molecular complexity index is 1020. The third-order valence-corrected chi connectivity index (χ3v) is 9.02. The van der Waals surface area contributed by atoms with Crippen molar-refractivity contribution in [3.05, 3.63) is 41.5 Å². The molecule has 0 bridgehead atoms. The molecule has 0 saturated carbocycles. The summed E-state index contributed by atoms with van der Waals surface area (Å²) in [4.78, 5) is 8.16. The van der Waals surface area contributed by atoms with Gasteiger partial charge in [0.05, 0.1) is 0 Å². The Labute approximate surface area is 246 Å². The summed E-state index contributed by atoms with van der Waals surface area (Å²) in [7, 11) is -4.30. The molecule has 5 heteroatoms. The summed E-state index contributed by atoms with van der Waals surface area (Å²) in [6.07, 6.45) is 27.0. The first kappa shape index (κ1) is 36.3. The normalized spacial score (nSPS) is 11.5. The summed E-state index contributed by atoms with van der Waals surface area (Å²) in [5, 5.41) is 1.57. The van der Waals surface area contributed by atoms with Crippen molar-refractivity contribution in [3.63, 3.8) is 0 Å². The molecule has 1 N–H and O–H groups in total. The summed E-state index contributed by atoms with van der Waals surface area (Å²) in [6, 6.07) is 9.80. The monoisotopic (exact) mass is 574 g/mol. The maximum absolute atomic E-state index is 12.6. The van der Waals surface area contributed by atoms with Crippen molar-refractivity contribution in [1.29, 1.82) is 0 Å².